The van der Waals surface area contributed by atoms with Crippen LogP contribution in [0.1, 0.15) is 98.5 Å². The Morgan fingerprint density at radius 2 is 1.65 bits per heavy atom. The summed E-state index contributed by atoms with van der Waals surface area (Å²) in [4.78, 5) is 78.7. The monoisotopic (exact) mass is 851 g/mol. The van der Waals surface area contributed by atoms with Crippen molar-refractivity contribution in [3.63, 3.8) is 0 Å². The fourth-order valence-electron chi connectivity index (χ4n) is 10.1. The first-order chi connectivity index (χ1) is 28.8. The van der Waals surface area contributed by atoms with E-state index in [4.69, 9.17) is 16.6 Å². The molecule has 4 atom stereocenters. The fourth-order valence-corrected chi connectivity index (χ4v) is 11.4. The smallest absolute Gasteiger partial charge is 0.262 e. The van der Waals surface area contributed by atoms with Gasteiger partial charge in [-0.15, -0.1) is 21.5 Å². The van der Waals surface area contributed by atoms with Gasteiger partial charge in [-0.25, -0.2) is 4.39 Å². The maximum absolute atomic E-state index is 15.7. The summed E-state index contributed by atoms with van der Waals surface area (Å²) in [6, 6.07) is 8.72. The quantitative estimate of drug-likeness (QED) is 0.255. The zero-order valence-electron chi connectivity index (χ0n) is 33.4. The van der Waals surface area contributed by atoms with Crippen molar-refractivity contribution in [3.8, 4) is 5.00 Å². The third-order valence-corrected chi connectivity index (χ3v) is 14.7. The highest BCUT2D eigenvalue weighted by molar-refractivity contribution is 7.15. The highest BCUT2D eigenvalue weighted by atomic mass is 35.5. The molecule has 11 rings (SSSR count). The second-order valence-electron chi connectivity index (χ2n) is 16.9. The van der Waals surface area contributed by atoms with Crippen LogP contribution in [0.2, 0.25) is 5.02 Å². The van der Waals surface area contributed by atoms with Gasteiger partial charge in [-0.05, 0) is 82.2 Å². The lowest BCUT2D eigenvalue weighted by Crippen LogP contribution is -2.69. The van der Waals surface area contributed by atoms with Crippen molar-refractivity contribution in [1.82, 2.24) is 34.8 Å². The molecule has 0 aliphatic carbocycles. The second-order valence-corrected chi connectivity index (χ2v) is 18.5. The van der Waals surface area contributed by atoms with E-state index in [9.17, 15) is 24.0 Å². The molecule has 5 fully saturated rings. The summed E-state index contributed by atoms with van der Waals surface area (Å²) in [5, 5.41) is 12.8. The first-order valence-electron chi connectivity index (χ1n) is 20.5. The molecular formula is C43H43ClFN9O5S. The minimum atomic E-state index is -1.11. The van der Waals surface area contributed by atoms with E-state index >= 15 is 4.39 Å². The maximum Gasteiger partial charge on any atom is 0.262 e. The Hall–Kier alpha value is -5.32. The number of nitrogens with one attached hydrogen (secondary N) is 1. The number of aromatic nitrogens is 3. The molecule has 60 heavy (non-hydrogen) atoms. The van der Waals surface area contributed by atoms with Gasteiger partial charge in [0.25, 0.3) is 11.8 Å². The average molecular weight is 852 g/mol. The standard InChI is InChI=1S/C43H43ClFN9O5S/c1-21-22(2)60-43-37(21)38(25-4-6-26(44)7-5-25)46-32(39-49-48-23(3)52(39)43)17-36(56)51-12-10-24(11-13-51)18-50-19-27-14-28(20-50)53(27)34-16-30-29(15-31(34)45)41(58)54(42(30)59)33-8-9-35(55)47-40(33)57/h4-7,15-16,24,27-28,32-33H,8-14,17-20H2,1-3H3,(H,47,55,57)/t27?,28?,32-,33?/m0/s1. The third-order valence-electron chi connectivity index (χ3n) is 13.3. The van der Waals surface area contributed by atoms with Crippen molar-refractivity contribution in [2.24, 2.45) is 10.9 Å². The number of aliphatic imine (C=N–C) groups is 1. The number of halogens is 2. The van der Waals surface area contributed by atoms with Gasteiger partial charge < -0.3 is 9.80 Å². The summed E-state index contributed by atoms with van der Waals surface area (Å²) in [7, 11) is 0. The van der Waals surface area contributed by atoms with E-state index in [1.165, 1.54) is 10.9 Å². The topological polar surface area (TPSA) is 153 Å². The number of likely N-dealkylation sites (tertiary alicyclic amines) is 1. The predicted octanol–water partition coefficient (Wildman–Crippen LogP) is 4.93. The number of hydrogen-bond donors (Lipinski definition) is 1. The number of thiophene rings is 1. The SMILES string of the molecule is Cc1sc2c(c1C)C(c1ccc(Cl)cc1)=N[C@@H](CC(=O)N1CCC(CN3CC4CC(C3)N4c3cc4c(cc3F)C(=O)N(C3CCC(=O)NC3=O)C4=O)CC1)c1nnc(C)n1-2. The molecule has 5 amide bonds. The molecule has 17 heteroatoms. The van der Waals surface area contributed by atoms with Crippen molar-refractivity contribution in [1.29, 1.82) is 0 Å². The molecule has 3 unspecified atom stereocenters. The van der Waals surface area contributed by atoms with E-state index in [1.807, 2.05) is 41.0 Å². The van der Waals surface area contributed by atoms with Crippen molar-refractivity contribution in [2.75, 3.05) is 37.6 Å². The minimum Gasteiger partial charge on any atom is -0.360 e. The largest absolute Gasteiger partial charge is 0.360 e. The summed E-state index contributed by atoms with van der Waals surface area (Å²) < 4.78 is 17.8. The second kappa shape index (κ2) is 14.7. The number of imide groups is 2. The number of nitrogens with zero attached hydrogens (tertiary/aromatic N) is 8. The van der Waals surface area contributed by atoms with Gasteiger partial charge in [-0.3, -0.25) is 48.6 Å². The molecular weight excluding hydrogens is 809 g/mol. The summed E-state index contributed by atoms with van der Waals surface area (Å²) in [5.74, 6) is -1.25. The van der Waals surface area contributed by atoms with Gasteiger partial charge in [0.15, 0.2) is 5.82 Å². The van der Waals surface area contributed by atoms with Gasteiger partial charge in [-0.2, -0.15) is 0 Å². The van der Waals surface area contributed by atoms with Crippen molar-refractivity contribution >= 4 is 63.9 Å². The number of piperidine rings is 3. The number of piperazine rings is 1. The Balaban J connectivity index is 0.782. The number of fused-ring (bicyclic) bond motifs is 6. The van der Waals surface area contributed by atoms with Gasteiger partial charge in [0.05, 0.1) is 28.9 Å². The van der Waals surface area contributed by atoms with Crippen LogP contribution in [0.15, 0.2) is 41.4 Å². The Kier molecular flexibility index (Phi) is 9.52. The lowest BCUT2D eigenvalue weighted by molar-refractivity contribution is -0.136. The van der Waals surface area contributed by atoms with Crippen LogP contribution in [0.25, 0.3) is 5.00 Å². The summed E-state index contributed by atoms with van der Waals surface area (Å²) in [5.41, 5.74) is 4.23. The molecule has 14 nitrogen and oxygen atoms in total. The minimum absolute atomic E-state index is 0.0134. The molecule has 0 radical (unpaired) electrons. The first-order valence-corrected chi connectivity index (χ1v) is 21.7. The summed E-state index contributed by atoms with van der Waals surface area (Å²) in [6.45, 7) is 9.80. The molecule has 9 heterocycles. The maximum atomic E-state index is 15.7. The van der Waals surface area contributed by atoms with Gasteiger partial charge in [-0.1, -0.05) is 23.7 Å². The number of carbonyl (C=O) groups is 5. The molecule has 5 saturated heterocycles. The molecule has 2 bridgehead atoms. The number of aryl methyl sites for hydroxylation is 2. The number of rotatable bonds is 7. The fraction of sp³-hybridized carbons (Fsp3) is 0.442. The Morgan fingerprint density at radius 3 is 2.35 bits per heavy atom. The van der Waals surface area contributed by atoms with Gasteiger partial charge in [0.1, 0.15) is 28.7 Å². The Bertz CT molecular complexity index is 2530. The molecule has 7 aliphatic heterocycles. The summed E-state index contributed by atoms with van der Waals surface area (Å²) in [6.07, 6.45) is 2.87. The van der Waals surface area contributed by atoms with Crippen LogP contribution >= 0.6 is 22.9 Å². The van der Waals surface area contributed by atoms with Gasteiger partial charge in [0.2, 0.25) is 17.7 Å². The third kappa shape index (κ3) is 6.36. The molecule has 0 spiro atoms. The van der Waals surface area contributed by atoms with E-state index in [2.05, 4.69) is 38.8 Å². The highest BCUT2D eigenvalue weighted by Gasteiger charge is 2.49. The number of amides is 5. The van der Waals surface area contributed by atoms with E-state index in [-0.39, 0.29) is 48.4 Å². The molecule has 310 valence electrons. The van der Waals surface area contributed by atoms with Crippen LogP contribution in [-0.2, 0) is 14.4 Å². The highest BCUT2D eigenvalue weighted by Crippen LogP contribution is 2.43. The van der Waals surface area contributed by atoms with Crippen LogP contribution in [0.5, 0.6) is 0 Å². The molecule has 2 aromatic heterocycles. The predicted molar refractivity (Wildman–Crippen MR) is 221 cm³/mol. The summed E-state index contributed by atoms with van der Waals surface area (Å²) >= 11 is 7.96. The van der Waals surface area contributed by atoms with E-state index in [1.54, 1.807) is 11.3 Å². The molecule has 4 aromatic rings. The Morgan fingerprint density at radius 1 is 0.950 bits per heavy atom. The normalized spacial score (nSPS) is 24.1. The zero-order valence-corrected chi connectivity index (χ0v) is 35.0. The van der Waals surface area contributed by atoms with Crippen LogP contribution in [0.3, 0.4) is 0 Å². The van der Waals surface area contributed by atoms with E-state index < -0.39 is 41.5 Å². The van der Waals surface area contributed by atoms with Crippen molar-refractivity contribution < 1.29 is 28.4 Å². The average Bonchev–Trinajstić information content (AvgIpc) is 3.79. The zero-order chi connectivity index (χ0) is 41.7. The molecule has 7 aliphatic rings. The van der Waals surface area contributed by atoms with E-state index in [0.29, 0.717) is 35.5 Å². The van der Waals surface area contributed by atoms with Gasteiger partial charge in [0, 0.05) is 72.3 Å². The van der Waals surface area contributed by atoms with Crippen LogP contribution < -0.4 is 10.2 Å². The lowest BCUT2D eigenvalue weighted by atomic mass is 9.85. The first kappa shape index (κ1) is 38.9. The molecule has 0 saturated carbocycles. The molecule has 2 aromatic carbocycles. The lowest BCUT2D eigenvalue weighted by Gasteiger charge is -2.58. The molecule has 1 N–H and O–H groups in total. The Labute approximate surface area is 354 Å². The van der Waals surface area contributed by atoms with E-state index in [0.717, 1.165) is 83.1 Å². The number of carbonyl (C=O) groups excluding carboxylic acids is 5. The number of anilines is 1. The van der Waals surface area contributed by atoms with Crippen LogP contribution in [0.4, 0.5) is 10.1 Å². The van der Waals surface area contributed by atoms with Crippen molar-refractivity contribution in [2.45, 2.75) is 83.5 Å². The van der Waals surface area contributed by atoms with Crippen LogP contribution in [-0.4, -0.2) is 116 Å². The van der Waals surface area contributed by atoms with Crippen LogP contribution in [0, 0.1) is 32.5 Å². The number of benzene rings is 2. The van der Waals surface area contributed by atoms with Gasteiger partial charge >= 0.3 is 0 Å². The van der Waals surface area contributed by atoms with Crippen molar-refractivity contribution in [3.05, 3.63) is 91.6 Å². The number of hydrogen-bond acceptors (Lipinski definition) is 11.